The van der Waals surface area contributed by atoms with E-state index in [-0.39, 0.29) is 18.2 Å². The lowest BCUT2D eigenvalue weighted by molar-refractivity contribution is 0.301. The van der Waals surface area contributed by atoms with Gasteiger partial charge in [-0.1, -0.05) is 6.07 Å². The van der Waals surface area contributed by atoms with Gasteiger partial charge in [0, 0.05) is 0 Å². The molecule has 106 valence electrons. The summed E-state index contributed by atoms with van der Waals surface area (Å²) in [7, 11) is 0. The number of benzene rings is 2. The number of hydrogen-bond acceptors (Lipinski definition) is 2. The van der Waals surface area contributed by atoms with Crippen LogP contribution in [-0.4, -0.2) is 6.54 Å². The minimum atomic E-state index is -0.317. The molecule has 0 radical (unpaired) electrons. The van der Waals surface area contributed by atoms with Crippen molar-refractivity contribution in [3.63, 3.8) is 0 Å². The van der Waals surface area contributed by atoms with Crippen molar-refractivity contribution in [1.29, 1.82) is 0 Å². The molecule has 0 saturated carbocycles. The van der Waals surface area contributed by atoms with E-state index < -0.39 is 0 Å². The summed E-state index contributed by atoms with van der Waals surface area (Å²) in [6.07, 6.45) is 0.537. The molecule has 0 aliphatic rings. The second-order valence-electron chi connectivity index (χ2n) is 4.65. The molecule has 0 aliphatic heterocycles. The van der Waals surface area contributed by atoms with E-state index in [1.54, 1.807) is 12.1 Å². The minimum Gasteiger partial charge on any atom is -0.489 e. The lowest BCUT2D eigenvalue weighted by Crippen LogP contribution is -2.06. The lowest BCUT2D eigenvalue weighted by atomic mass is 10.1. The predicted molar refractivity (Wildman–Crippen MR) is 74.6 cm³/mol. The fourth-order valence-corrected chi connectivity index (χ4v) is 1.99. The van der Waals surface area contributed by atoms with E-state index in [2.05, 4.69) is 0 Å². The summed E-state index contributed by atoms with van der Waals surface area (Å²) >= 11 is 0. The van der Waals surface area contributed by atoms with Gasteiger partial charge in [-0.25, -0.2) is 8.78 Å². The second-order valence-corrected chi connectivity index (χ2v) is 4.65. The molecule has 2 aromatic rings. The number of ether oxygens (including phenoxy) is 1. The number of rotatable bonds is 5. The zero-order chi connectivity index (χ0) is 14.5. The van der Waals surface area contributed by atoms with Gasteiger partial charge in [-0.3, -0.25) is 0 Å². The van der Waals surface area contributed by atoms with Crippen LogP contribution in [0.4, 0.5) is 8.78 Å². The zero-order valence-electron chi connectivity index (χ0n) is 11.3. The number of nitrogens with two attached hydrogens (primary N) is 1. The Bertz CT molecular complexity index is 599. The molecule has 2 aromatic carbocycles. The number of aryl methyl sites for hydroxylation is 1. The van der Waals surface area contributed by atoms with Gasteiger partial charge < -0.3 is 10.5 Å². The van der Waals surface area contributed by atoms with Crippen LogP contribution in [0.25, 0.3) is 0 Å². The summed E-state index contributed by atoms with van der Waals surface area (Å²) in [6, 6.07) is 8.90. The van der Waals surface area contributed by atoms with Crippen LogP contribution in [0.1, 0.15) is 16.7 Å². The molecule has 2 rings (SSSR count). The number of halogens is 2. The topological polar surface area (TPSA) is 35.2 Å². The standard InChI is InChI=1S/C16H17F2NO/c1-11-2-3-14(17)9-13(11)10-20-16-5-4-15(18)8-12(16)6-7-19/h2-5,8-9H,6-7,10,19H2,1H3. The van der Waals surface area contributed by atoms with Crippen LogP contribution in [0.2, 0.25) is 0 Å². The van der Waals surface area contributed by atoms with Crippen molar-refractivity contribution in [2.45, 2.75) is 20.0 Å². The highest BCUT2D eigenvalue weighted by molar-refractivity contribution is 5.35. The summed E-state index contributed by atoms with van der Waals surface area (Å²) in [5, 5.41) is 0. The first-order chi connectivity index (χ1) is 9.60. The van der Waals surface area contributed by atoms with Crippen molar-refractivity contribution in [2.24, 2.45) is 5.73 Å². The molecule has 0 unspecified atom stereocenters. The van der Waals surface area contributed by atoms with Crippen molar-refractivity contribution in [1.82, 2.24) is 0 Å². The van der Waals surface area contributed by atoms with Crippen LogP contribution in [0.15, 0.2) is 36.4 Å². The summed E-state index contributed by atoms with van der Waals surface area (Å²) in [6.45, 7) is 2.55. The predicted octanol–water partition coefficient (Wildman–Crippen LogP) is 3.35. The van der Waals surface area contributed by atoms with Crippen LogP contribution in [0, 0.1) is 18.6 Å². The van der Waals surface area contributed by atoms with E-state index in [0.29, 0.717) is 18.7 Å². The Balaban J connectivity index is 2.16. The number of hydrogen-bond donors (Lipinski definition) is 1. The van der Waals surface area contributed by atoms with Crippen molar-refractivity contribution in [2.75, 3.05) is 6.54 Å². The largest absolute Gasteiger partial charge is 0.489 e. The summed E-state index contributed by atoms with van der Waals surface area (Å²) < 4.78 is 32.1. The molecule has 0 bridgehead atoms. The molecule has 0 fully saturated rings. The molecule has 0 saturated heterocycles. The summed E-state index contributed by atoms with van der Waals surface area (Å²) in [5.74, 6) is -0.0289. The highest BCUT2D eigenvalue weighted by atomic mass is 19.1. The van der Waals surface area contributed by atoms with Gasteiger partial charge in [0.2, 0.25) is 0 Å². The normalized spacial score (nSPS) is 10.6. The Morgan fingerprint density at radius 3 is 2.35 bits per heavy atom. The summed E-state index contributed by atoms with van der Waals surface area (Å²) in [5.41, 5.74) is 7.95. The van der Waals surface area contributed by atoms with Gasteiger partial charge in [0.1, 0.15) is 24.0 Å². The van der Waals surface area contributed by atoms with Crippen LogP contribution in [-0.2, 0) is 13.0 Å². The Labute approximate surface area is 117 Å². The van der Waals surface area contributed by atoms with Crippen LogP contribution < -0.4 is 10.5 Å². The maximum absolute atomic E-state index is 13.2. The van der Waals surface area contributed by atoms with Gasteiger partial charge in [0.05, 0.1) is 0 Å². The third-order valence-electron chi connectivity index (χ3n) is 3.13. The quantitative estimate of drug-likeness (QED) is 0.909. The molecule has 0 heterocycles. The van der Waals surface area contributed by atoms with Crippen molar-refractivity contribution >= 4 is 0 Å². The maximum atomic E-state index is 13.2. The monoisotopic (exact) mass is 277 g/mol. The molecule has 20 heavy (non-hydrogen) atoms. The van der Waals surface area contributed by atoms with E-state index in [1.807, 2.05) is 6.92 Å². The van der Waals surface area contributed by atoms with E-state index in [1.165, 1.54) is 24.3 Å². The fraction of sp³-hybridized carbons (Fsp3) is 0.250. The molecule has 2 nitrogen and oxygen atoms in total. The highest BCUT2D eigenvalue weighted by Crippen LogP contribution is 2.22. The third-order valence-corrected chi connectivity index (χ3v) is 3.13. The van der Waals surface area contributed by atoms with Crippen molar-refractivity contribution in [3.05, 3.63) is 64.7 Å². The van der Waals surface area contributed by atoms with E-state index >= 15 is 0 Å². The van der Waals surface area contributed by atoms with Gasteiger partial charge >= 0.3 is 0 Å². The van der Waals surface area contributed by atoms with Gasteiger partial charge in [-0.15, -0.1) is 0 Å². The molecule has 0 aliphatic carbocycles. The first-order valence-electron chi connectivity index (χ1n) is 6.46. The van der Waals surface area contributed by atoms with Crippen LogP contribution in [0.3, 0.4) is 0 Å². The minimum absolute atomic E-state index is 0.243. The highest BCUT2D eigenvalue weighted by Gasteiger charge is 2.07. The first-order valence-corrected chi connectivity index (χ1v) is 6.46. The molecular weight excluding hydrogens is 260 g/mol. The van der Waals surface area contributed by atoms with Gasteiger partial charge in [0.25, 0.3) is 0 Å². The molecule has 0 spiro atoms. The Hall–Kier alpha value is -1.94. The van der Waals surface area contributed by atoms with Gasteiger partial charge in [-0.05, 0) is 66.9 Å². The Kier molecular flexibility index (Phi) is 4.69. The molecule has 0 amide bonds. The SMILES string of the molecule is Cc1ccc(F)cc1COc1ccc(F)cc1CCN. The van der Waals surface area contributed by atoms with Gasteiger partial charge in [0.15, 0.2) is 0 Å². The smallest absolute Gasteiger partial charge is 0.123 e. The average molecular weight is 277 g/mol. The Morgan fingerprint density at radius 2 is 1.65 bits per heavy atom. The van der Waals surface area contributed by atoms with Crippen molar-refractivity contribution in [3.8, 4) is 5.75 Å². The summed E-state index contributed by atoms with van der Waals surface area (Å²) in [4.78, 5) is 0. The van der Waals surface area contributed by atoms with Gasteiger partial charge in [-0.2, -0.15) is 0 Å². The molecule has 0 aromatic heterocycles. The van der Waals surface area contributed by atoms with Crippen molar-refractivity contribution < 1.29 is 13.5 Å². The molecule has 0 atom stereocenters. The Morgan fingerprint density at radius 1 is 1.00 bits per heavy atom. The third kappa shape index (κ3) is 3.54. The van der Waals surface area contributed by atoms with Crippen LogP contribution >= 0.6 is 0 Å². The fourth-order valence-electron chi connectivity index (χ4n) is 1.99. The maximum Gasteiger partial charge on any atom is 0.123 e. The second kappa shape index (κ2) is 6.48. The van der Waals surface area contributed by atoms with E-state index in [4.69, 9.17) is 10.5 Å². The molecule has 2 N–H and O–H groups in total. The first kappa shape index (κ1) is 14.5. The average Bonchev–Trinajstić information content (AvgIpc) is 2.42. The van der Waals surface area contributed by atoms with E-state index in [9.17, 15) is 8.78 Å². The lowest BCUT2D eigenvalue weighted by Gasteiger charge is -2.12. The molecule has 4 heteroatoms. The molecular formula is C16H17F2NO. The van der Waals surface area contributed by atoms with E-state index in [0.717, 1.165) is 16.7 Å². The zero-order valence-corrected chi connectivity index (χ0v) is 11.3. The van der Waals surface area contributed by atoms with Crippen LogP contribution in [0.5, 0.6) is 5.75 Å².